The summed E-state index contributed by atoms with van der Waals surface area (Å²) < 4.78 is 6.31. The highest BCUT2D eigenvalue weighted by atomic mass is 32.1. The van der Waals surface area contributed by atoms with Gasteiger partial charge in [-0.1, -0.05) is 42.0 Å². The van der Waals surface area contributed by atoms with Gasteiger partial charge in [0.15, 0.2) is 0 Å². The van der Waals surface area contributed by atoms with Crippen molar-refractivity contribution < 1.29 is 9.21 Å². The lowest BCUT2D eigenvalue weighted by atomic mass is 9.90. The smallest absolute Gasteiger partial charge is 0.345 e. The summed E-state index contributed by atoms with van der Waals surface area (Å²) in [5.74, 6) is 0.632. The van der Waals surface area contributed by atoms with E-state index in [0.29, 0.717) is 21.8 Å². The zero-order valence-corrected chi connectivity index (χ0v) is 17.7. The summed E-state index contributed by atoms with van der Waals surface area (Å²) in [6, 6.07) is 18.0. The van der Waals surface area contributed by atoms with E-state index in [4.69, 9.17) is 4.42 Å². The van der Waals surface area contributed by atoms with Crippen LogP contribution in [0.4, 0.5) is 0 Å². The summed E-state index contributed by atoms with van der Waals surface area (Å²) >= 11 is 1.40. The maximum atomic E-state index is 13.2. The summed E-state index contributed by atoms with van der Waals surface area (Å²) in [6.45, 7) is 3.54. The van der Waals surface area contributed by atoms with E-state index in [0.717, 1.165) is 48.0 Å². The SMILES string of the molecule is Cc1ccc2oc(=O)c3cc(C(=O)N4CCC(Cc5ccccc5)CC4)sc3c2c1. The highest BCUT2D eigenvalue weighted by Crippen LogP contribution is 2.32. The molecule has 1 amide bonds. The van der Waals surface area contributed by atoms with Crippen LogP contribution >= 0.6 is 11.3 Å². The van der Waals surface area contributed by atoms with Gasteiger partial charge in [0.05, 0.1) is 15.0 Å². The van der Waals surface area contributed by atoms with Crippen LogP contribution in [-0.2, 0) is 6.42 Å². The molecule has 4 nitrogen and oxygen atoms in total. The van der Waals surface area contributed by atoms with Gasteiger partial charge in [0.25, 0.3) is 5.91 Å². The molecule has 0 saturated carbocycles. The van der Waals surface area contributed by atoms with E-state index in [1.165, 1.54) is 16.9 Å². The van der Waals surface area contributed by atoms with Crippen LogP contribution in [-0.4, -0.2) is 23.9 Å². The number of carbonyl (C=O) groups is 1. The number of piperidine rings is 1. The molecule has 1 aliphatic heterocycles. The Kier molecular flexibility index (Phi) is 4.91. The van der Waals surface area contributed by atoms with Crippen LogP contribution in [0.25, 0.3) is 21.1 Å². The van der Waals surface area contributed by atoms with Crippen molar-refractivity contribution in [3.8, 4) is 0 Å². The van der Waals surface area contributed by atoms with Crippen LogP contribution in [0.5, 0.6) is 0 Å². The van der Waals surface area contributed by atoms with Crippen molar-refractivity contribution >= 4 is 38.3 Å². The summed E-state index contributed by atoms with van der Waals surface area (Å²) in [5.41, 5.74) is 2.65. The fraction of sp³-hybridized carbons (Fsp3) is 0.280. The lowest BCUT2D eigenvalue weighted by molar-refractivity contribution is 0.0695. The molecule has 0 N–H and O–H groups in total. The first-order valence-electron chi connectivity index (χ1n) is 10.4. The molecule has 152 valence electrons. The van der Waals surface area contributed by atoms with Gasteiger partial charge in [-0.05, 0) is 55.9 Å². The number of hydrogen-bond acceptors (Lipinski definition) is 4. The molecule has 5 heteroatoms. The van der Waals surface area contributed by atoms with E-state index in [2.05, 4.69) is 24.3 Å². The minimum absolute atomic E-state index is 0.0227. The number of rotatable bonds is 3. The van der Waals surface area contributed by atoms with Gasteiger partial charge in [0.1, 0.15) is 5.58 Å². The average Bonchev–Trinajstić information content (AvgIpc) is 3.22. The second-order valence-corrected chi connectivity index (χ2v) is 9.22. The van der Waals surface area contributed by atoms with Gasteiger partial charge in [-0.2, -0.15) is 0 Å². The normalized spacial score (nSPS) is 15.2. The molecule has 1 fully saturated rings. The van der Waals surface area contributed by atoms with Crippen LogP contribution < -0.4 is 5.63 Å². The Morgan fingerprint density at radius 3 is 2.60 bits per heavy atom. The maximum Gasteiger partial charge on any atom is 0.345 e. The first-order chi connectivity index (χ1) is 14.6. The van der Waals surface area contributed by atoms with E-state index in [-0.39, 0.29) is 11.5 Å². The van der Waals surface area contributed by atoms with Crippen molar-refractivity contribution in [3.63, 3.8) is 0 Å². The third kappa shape index (κ3) is 3.54. The molecule has 0 atom stereocenters. The molecular formula is C25H23NO3S. The molecule has 2 aromatic carbocycles. The molecule has 2 aromatic heterocycles. The molecule has 3 heterocycles. The van der Waals surface area contributed by atoms with Gasteiger partial charge < -0.3 is 9.32 Å². The number of aryl methyl sites for hydroxylation is 1. The number of likely N-dealkylation sites (tertiary alicyclic amines) is 1. The molecule has 0 spiro atoms. The average molecular weight is 418 g/mol. The van der Waals surface area contributed by atoms with Gasteiger partial charge in [0.2, 0.25) is 0 Å². The third-order valence-electron chi connectivity index (χ3n) is 6.01. The van der Waals surface area contributed by atoms with Gasteiger partial charge in [-0.15, -0.1) is 11.3 Å². The Hall–Kier alpha value is -2.92. The predicted molar refractivity (Wildman–Crippen MR) is 121 cm³/mol. The predicted octanol–water partition coefficient (Wildman–Crippen LogP) is 5.41. The van der Waals surface area contributed by atoms with E-state index in [9.17, 15) is 9.59 Å². The van der Waals surface area contributed by atoms with E-state index < -0.39 is 0 Å². The molecule has 4 aromatic rings. The van der Waals surface area contributed by atoms with Crippen molar-refractivity contribution in [1.82, 2.24) is 4.90 Å². The van der Waals surface area contributed by atoms with Crippen molar-refractivity contribution in [2.24, 2.45) is 5.92 Å². The standard InChI is InChI=1S/C25H23NO3S/c1-16-7-8-21-19(13-16)23-20(25(28)29-21)15-22(30-23)24(27)26-11-9-18(10-12-26)14-17-5-3-2-4-6-17/h2-8,13,15,18H,9-12,14H2,1H3. The van der Waals surface area contributed by atoms with Gasteiger partial charge in [-0.25, -0.2) is 4.79 Å². The fourth-order valence-electron chi connectivity index (χ4n) is 4.36. The van der Waals surface area contributed by atoms with E-state index in [1.807, 2.05) is 36.1 Å². The van der Waals surface area contributed by atoms with Crippen molar-refractivity contribution in [2.45, 2.75) is 26.2 Å². The summed E-state index contributed by atoms with van der Waals surface area (Å²) in [6.07, 6.45) is 3.09. The first-order valence-corrected chi connectivity index (χ1v) is 11.2. The van der Waals surface area contributed by atoms with Gasteiger partial charge in [-0.3, -0.25) is 4.79 Å². The van der Waals surface area contributed by atoms with Crippen LogP contribution in [0.15, 0.2) is 63.8 Å². The van der Waals surface area contributed by atoms with Crippen LogP contribution in [0.3, 0.4) is 0 Å². The maximum absolute atomic E-state index is 13.2. The minimum atomic E-state index is -0.377. The van der Waals surface area contributed by atoms with E-state index >= 15 is 0 Å². The number of carbonyl (C=O) groups excluding carboxylic acids is 1. The zero-order chi connectivity index (χ0) is 20.7. The Labute approximate surface area is 178 Å². The Bertz CT molecular complexity index is 1280. The van der Waals surface area contributed by atoms with Gasteiger partial charge in [0, 0.05) is 18.5 Å². The number of thiophene rings is 1. The molecule has 5 rings (SSSR count). The Morgan fingerprint density at radius 2 is 1.83 bits per heavy atom. The molecule has 1 aliphatic rings. The largest absolute Gasteiger partial charge is 0.422 e. The van der Waals surface area contributed by atoms with Crippen LogP contribution in [0, 0.1) is 12.8 Å². The number of fused-ring (bicyclic) bond motifs is 3. The lowest BCUT2D eigenvalue weighted by Gasteiger charge is -2.31. The molecule has 0 aliphatic carbocycles. The lowest BCUT2D eigenvalue weighted by Crippen LogP contribution is -2.38. The second-order valence-electron chi connectivity index (χ2n) is 8.17. The van der Waals surface area contributed by atoms with Gasteiger partial charge >= 0.3 is 5.63 Å². The number of hydrogen-bond donors (Lipinski definition) is 0. The molecule has 0 unspecified atom stereocenters. The topological polar surface area (TPSA) is 50.5 Å². The highest BCUT2D eigenvalue weighted by molar-refractivity contribution is 7.21. The summed E-state index contributed by atoms with van der Waals surface area (Å²) in [5, 5.41) is 1.40. The summed E-state index contributed by atoms with van der Waals surface area (Å²) in [7, 11) is 0. The first kappa shape index (κ1) is 19.1. The van der Waals surface area contributed by atoms with Crippen molar-refractivity contribution in [2.75, 3.05) is 13.1 Å². The zero-order valence-electron chi connectivity index (χ0n) is 16.9. The van der Waals surface area contributed by atoms with Crippen LogP contribution in [0.2, 0.25) is 0 Å². The molecule has 1 saturated heterocycles. The van der Waals surface area contributed by atoms with Crippen LogP contribution in [0.1, 0.15) is 33.6 Å². The Morgan fingerprint density at radius 1 is 1.07 bits per heavy atom. The van der Waals surface area contributed by atoms with Crippen molar-refractivity contribution in [1.29, 1.82) is 0 Å². The quantitative estimate of drug-likeness (QED) is 0.419. The summed E-state index contributed by atoms with van der Waals surface area (Å²) in [4.78, 5) is 28.1. The molecule has 0 bridgehead atoms. The monoisotopic (exact) mass is 417 g/mol. The second kappa shape index (κ2) is 7.73. The highest BCUT2D eigenvalue weighted by Gasteiger charge is 2.26. The minimum Gasteiger partial charge on any atom is -0.422 e. The molecule has 0 radical (unpaired) electrons. The number of benzene rings is 2. The number of amides is 1. The van der Waals surface area contributed by atoms with E-state index in [1.54, 1.807) is 6.07 Å². The Balaban J connectivity index is 1.36. The molecule has 30 heavy (non-hydrogen) atoms. The third-order valence-corrected chi connectivity index (χ3v) is 7.17. The van der Waals surface area contributed by atoms with Crippen molar-refractivity contribution in [3.05, 3.63) is 81.0 Å². The molecular weight excluding hydrogens is 394 g/mol. The number of nitrogens with zero attached hydrogens (tertiary/aromatic N) is 1. The fourth-order valence-corrected chi connectivity index (χ4v) is 5.49.